The number of nitrogens with one attached hydrogen (secondary N) is 2. The van der Waals surface area contributed by atoms with Crippen molar-refractivity contribution in [2.45, 2.75) is 32.2 Å². The molecule has 3 heterocycles. The van der Waals surface area contributed by atoms with E-state index in [1.807, 2.05) is 11.1 Å². The van der Waals surface area contributed by atoms with Gasteiger partial charge in [-0.3, -0.25) is 4.79 Å². The number of nitrogens with zero attached hydrogens (tertiary/aromatic N) is 2. The summed E-state index contributed by atoms with van der Waals surface area (Å²) in [5.41, 5.74) is 3.47. The molecule has 0 saturated carbocycles. The maximum absolute atomic E-state index is 13.9. The van der Waals surface area contributed by atoms with Crippen molar-refractivity contribution in [3.8, 4) is 0 Å². The van der Waals surface area contributed by atoms with E-state index in [1.54, 1.807) is 12.3 Å². The highest BCUT2D eigenvalue weighted by Gasteiger charge is 2.26. The number of benzene rings is 1. The summed E-state index contributed by atoms with van der Waals surface area (Å²) >= 11 is 0. The number of aromatic nitrogens is 2. The van der Waals surface area contributed by atoms with E-state index in [0.29, 0.717) is 31.7 Å². The summed E-state index contributed by atoms with van der Waals surface area (Å²) in [6.45, 7) is 3.35. The highest BCUT2D eigenvalue weighted by Crippen LogP contribution is 2.22. The van der Waals surface area contributed by atoms with E-state index >= 15 is 0 Å². The minimum absolute atomic E-state index is 0.0316. The summed E-state index contributed by atoms with van der Waals surface area (Å²) in [7, 11) is 0. The molecule has 27 heavy (non-hydrogen) atoms. The van der Waals surface area contributed by atoms with Gasteiger partial charge in [0.15, 0.2) is 11.6 Å². The van der Waals surface area contributed by atoms with E-state index in [2.05, 4.69) is 40.4 Å². The van der Waals surface area contributed by atoms with Crippen molar-refractivity contribution in [1.82, 2.24) is 15.3 Å². The van der Waals surface area contributed by atoms with Crippen molar-refractivity contribution in [2.75, 3.05) is 18.0 Å². The molecule has 1 saturated heterocycles. The highest BCUT2D eigenvalue weighted by molar-refractivity contribution is 5.85. The predicted octanol–water partition coefficient (Wildman–Crippen LogP) is 3.34. The minimum Gasteiger partial charge on any atom is -0.361 e. The van der Waals surface area contributed by atoms with Crippen LogP contribution in [-0.2, 0) is 11.2 Å². The van der Waals surface area contributed by atoms with Gasteiger partial charge in [-0.2, -0.15) is 0 Å². The van der Waals surface area contributed by atoms with Crippen LogP contribution in [0.25, 0.3) is 10.9 Å². The van der Waals surface area contributed by atoms with Crippen LogP contribution in [0.1, 0.15) is 24.0 Å². The molecule has 1 unspecified atom stereocenters. The fraction of sp³-hybridized carbons (Fsp3) is 0.333. The van der Waals surface area contributed by atoms with Gasteiger partial charge in [-0.15, -0.1) is 0 Å². The number of H-pyrrole nitrogens is 1. The monoisotopic (exact) mass is 366 g/mol. The molecule has 1 amide bonds. The number of anilines is 1. The molecule has 5 nitrogen and oxygen atoms in total. The Kier molecular flexibility index (Phi) is 4.79. The van der Waals surface area contributed by atoms with Crippen LogP contribution in [0.4, 0.5) is 10.2 Å². The van der Waals surface area contributed by atoms with E-state index in [9.17, 15) is 9.18 Å². The molecule has 0 bridgehead atoms. The van der Waals surface area contributed by atoms with Gasteiger partial charge in [0, 0.05) is 48.8 Å². The molecular formula is C21H23FN4O. The summed E-state index contributed by atoms with van der Waals surface area (Å²) < 4.78 is 13.9. The second-order valence-corrected chi connectivity index (χ2v) is 7.17. The van der Waals surface area contributed by atoms with Gasteiger partial charge in [0.05, 0.1) is 0 Å². The lowest BCUT2D eigenvalue weighted by Gasteiger charge is -2.18. The first-order chi connectivity index (χ1) is 13.1. The molecule has 1 aromatic carbocycles. The quantitative estimate of drug-likeness (QED) is 0.728. The molecule has 0 aliphatic carbocycles. The third-order valence-electron chi connectivity index (χ3n) is 5.14. The van der Waals surface area contributed by atoms with Gasteiger partial charge >= 0.3 is 0 Å². The standard InChI is InChI=1S/C21H23FN4O/c1-14-4-6-19-17(11-14)15(12-24-19)5-7-20(27)25-16-8-10-26(13-16)21-18(22)3-2-9-23-21/h2-4,6,9,11-12,16,24H,5,7-8,10,13H2,1H3,(H,25,27). The van der Waals surface area contributed by atoms with Crippen LogP contribution >= 0.6 is 0 Å². The summed E-state index contributed by atoms with van der Waals surface area (Å²) in [4.78, 5) is 21.6. The van der Waals surface area contributed by atoms with Crippen molar-refractivity contribution in [3.05, 3.63) is 59.7 Å². The van der Waals surface area contributed by atoms with Gasteiger partial charge in [0.1, 0.15) is 0 Å². The molecule has 0 spiro atoms. The van der Waals surface area contributed by atoms with Crippen molar-refractivity contribution >= 4 is 22.6 Å². The van der Waals surface area contributed by atoms with Crippen LogP contribution in [0.2, 0.25) is 0 Å². The fourth-order valence-electron chi connectivity index (χ4n) is 3.73. The molecule has 2 aromatic heterocycles. The zero-order valence-electron chi connectivity index (χ0n) is 15.3. The van der Waals surface area contributed by atoms with Gasteiger partial charge in [0.2, 0.25) is 5.91 Å². The van der Waals surface area contributed by atoms with Gasteiger partial charge in [-0.1, -0.05) is 11.6 Å². The SMILES string of the molecule is Cc1ccc2[nH]cc(CCC(=O)NC3CCN(c4ncccc4F)C3)c2c1. The van der Waals surface area contributed by atoms with E-state index in [4.69, 9.17) is 0 Å². The molecular weight excluding hydrogens is 343 g/mol. The number of hydrogen-bond acceptors (Lipinski definition) is 3. The van der Waals surface area contributed by atoms with Gasteiger partial charge in [0.25, 0.3) is 0 Å². The van der Waals surface area contributed by atoms with Crippen molar-refractivity contribution in [2.24, 2.45) is 0 Å². The molecule has 1 aliphatic rings. The molecule has 6 heteroatoms. The Labute approximate surface area is 157 Å². The molecule has 3 aromatic rings. The van der Waals surface area contributed by atoms with Crippen molar-refractivity contribution < 1.29 is 9.18 Å². The Morgan fingerprint density at radius 3 is 3.15 bits per heavy atom. The lowest BCUT2D eigenvalue weighted by Crippen LogP contribution is -2.37. The van der Waals surface area contributed by atoms with Gasteiger partial charge in [-0.25, -0.2) is 9.37 Å². The second-order valence-electron chi connectivity index (χ2n) is 7.17. The van der Waals surface area contributed by atoms with Crippen LogP contribution in [0.3, 0.4) is 0 Å². The Balaban J connectivity index is 1.32. The lowest BCUT2D eigenvalue weighted by molar-refractivity contribution is -0.121. The van der Waals surface area contributed by atoms with Gasteiger partial charge < -0.3 is 15.2 Å². The van der Waals surface area contributed by atoms with Crippen LogP contribution in [0, 0.1) is 12.7 Å². The number of amides is 1. The third-order valence-corrected chi connectivity index (χ3v) is 5.14. The largest absolute Gasteiger partial charge is 0.361 e. The number of pyridine rings is 1. The molecule has 2 N–H and O–H groups in total. The summed E-state index contributed by atoms with van der Waals surface area (Å²) in [5, 5.41) is 4.26. The van der Waals surface area contributed by atoms with Crippen molar-refractivity contribution in [1.29, 1.82) is 0 Å². The maximum Gasteiger partial charge on any atom is 0.220 e. The summed E-state index contributed by atoms with van der Waals surface area (Å²) in [6, 6.07) is 9.32. The normalized spacial score (nSPS) is 16.8. The number of aromatic amines is 1. The Morgan fingerprint density at radius 1 is 1.41 bits per heavy atom. The first-order valence-corrected chi connectivity index (χ1v) is 9.31. The van der Waals surface area contributed by atoms with Crippen LogP contribution < -0.4 is 10.2 Å². The number of carbonyl (C=O) groups is 1. The predicted molar refractivity (Wildman–Crippen MR) is 104 cm³/mol. The molecule has 1 aliphatic heterocycles. The smallest absolute Gasteiger partial charge is 0.220 e. The Hall–Kier alpha value is -2.89. The van der Waals surface area contributed by atoms with E-state index in [-0.39, 0.29) is 17.8 Å². The zero-order chi connectivity index (χ0) is 18.8. The molecule has 1 atom stereocenters. The number of hydrogen-bond donors (Lipinski definition) is 2. The van der Waals surface area contributed by atoms with Crippen molar-refractivity contribution in [3.63, 3.8) is 0 Å². The molecule has 1 fully saturated rings. The topological polar surface area (TPSA) is 61.0 Å². The molecule has 4 rings (SSSR count). The number of aryl methyl sites for hydroxylation is 2. The first-order valence-electron chi connectivity index (χ1n) is 9.31. The molecule has 0 radical (unpaired) electrons. The van der Waals surface area contributed by atoms with E-state index in [0.717, 1.165) is 17.5 Å². The summed E-state index contributed by atoms with van der Waals surface area (Å²) in [6.07, 6.45) is 5.51. The molecule has 140 valence electrons. The van der Waals surface area contributed by atoms with Crippen LogP contribution in [0.5, 0.6) is 0 Å². The minimum atomic E-state index is -0.320. The number of halogens is 1. The highest BCUT2D eigenvalue weighted by atomic mass is 19.1. The number of rotatable bonds is 5. The number of fused-ring (bicyclic) bond motifs is 1. The van der Waals surface area contributed by atoms with Crippen LogP contribution in [-0.4, -0.2) is 35.0 Å². The maximum atomic E-state index is 13.9. The van der Waals surface area contributed by atoms with Gasteiger partial charge in [-0.05, 0) is 49.6 Å². The fourth-order valence-corrected chi connectivity index (χ4v) is 3.73. The van der Waals surface area contributed by atoms with Crippen LogP contribution in [0.15, 0.2) is 42.7 Å². The van der Waals surface area contributed by atoms with E-state index in [1.165, 1.54) is 17.0 Å². The Morgan fingerprint density at radius 2 is 2.30 bits per heavy atom. The average Bonchev–Trinajstić information content (AvgIpc) is 3.27. The Bertz CT molecular complexity index is 968. The lowest BCUT2D eigenvalue weighted by atomic mass is 10.1. The second kappa shape index (κ2) is 7.39. The van der Waals surface area contributed by atoms with E-state index < -0.39 is 0 Å². The first kappa shape index (κ1) is 17.5. The zero-order valence-corrected chi connectivity index (χ0v) is 15.3. The average molecular weight is 366 g/mol. The summed E-state index contributed by atoms with van der Waals surface area (Å²) in [5.74, 6) is 0.0767. The number of carbonyl (C=O) groups excluding carboxylic acids is 1. The third kappa shape index (κ3) is 3.79.